The Morgan fingerprint density at radius 1 is 1.15 bits per heavy atom. The number of rotatable bonds is 2. The molecule has 0 bridgehead atoms. The second kappa shape index (κ2) is 4.28. The number of benzene rings is 1. The number of hydrogen-bond donors (Lipinski definition) is 1. The number of alkyl halides is 3. The highest BCUT2D eigenvalue weighted by molar-refractivity contribution is 14.1. The Labute approximate surface area is 87.8 Å². The van der Waals surface area contributed by atoms with E-state index in [1.165, 1.54) is 12.1 Å². The van der Waals surface area contributed by atoms with Crippen LogP contribution in [0.15, 0.2) is 24.3 Å². The average molecular weight is 301 g/mol. The summed E-state index contributed by atoms with van der Waals surface area (Å²) in [7, 11) is 0. The van der Waals surface area contributed by atoms with Gasteiger partial charge in [0, 0.05) is 29.4 Å². The summed E-state index contributed by atoms with van der Waals surface area (Å²) in [6.07, 6.45) is -4.24. The molecule has 0 aliphatic rings. The van der Waals surface area contributed by atoms with E-state index < -0.39 is 11.7 Å². The van der Waals surface area contributed by atoms with E-state index in [0.717, 1.165) is 17.7 Å². The minimum Gasteiger partial charge on any atom is -0.257 e. The molecule has 0 radical (unpaired) electrons. The molecule has 1 aromatic carbocycles. The van der Waals surface area contributed by atoms with Gasteiger partial charge in [-0.15, -0.1) is 0 Å². The lowest BCUT2D eigenvalue weighted by molar-refractivity contribution is -0.137. The van der Waals surface area contributed by atoms with Gasteiger partial charge in [0.25, 0.3) is 0 Å². The lowest BCUT2D eigenvalue weighted by atomic mass is 10.1. The quantitative estimate of drug-likeness (QED) is 0.653. The minimum atomic E-state index is -4.24. The van der Waals surface area contributed by atoms with Crippen LogP contribution in [0.3, 0.4) is 0 Å². The first kappa shape index (κ1) is 10.8. The molecular formula is C8H7F3IN. The zero-order valence-electron chi connectivity index (χ0n) is 6.53. The minimum absolute atomic E-state index is 0.568. The fourth-order valence-electron chi connectivity index (χ4n) is 0.889. The van der Waals surface area contributed by atoms with Crippen molar-refractivity contribution in [1.82, 2.24) is 3.53 Å². The second-order valence-corrected chi connectivity index (χ2v) is 3.27. The van der Waals surface area contributed by atoms with Gasteiger partial charge in [-0.25, -0.2) is 0 Å². The Kier molecular flexibility index (Phi) is 3.55. The van der Waals surface area contributed by atoms with E-state index in [1.807, 2.05) is 22.9 Å². The van der Waals surface area contributed by atoms with Crippen molar-refractivity contribution in [3.63, 3.8) is 0 Å². The molecule has 0 amide bonds. The molecule has 72 valence electrons. The zero-order chi connectivity index (χ0) is 9.90. The van der Waals surface area contributed by atoms with Gasteiger partial charge < -0.3 is 0 Å². The summed E-state index contributed by atoms with van der Waals surface area (Å²) in [4.78, 5) is 0. The third-order valence-electron chi connectivity index (χ3n) is 1.55. The Morgan fingerprint density at radius 2 is 1.69 bits per heavy atom. The first-order valence-electron chi connectivity index (χ1n) is 3.53. The second-order valence-electron chi connectivity index (χ2n) is 2.51. The summed E-state index contributed by atoms with van der Waals surface area (Å²) in [6.45, 7) is 0.568. The van der Waals surface area contributed by atoms with Gasteiger partial charge in [0.05, 0.1) is 5.56 Å². The summed E-state index contributed by atoms with van der Waals surface area (Å²) in [6, 6.07) is 5.11. The van der Waals surface area contributed by atoms with E-state index in [9.17, 15) is 13.2 Å². The normalized spacial score (nSPS) is 11.7. The van der Waals surface area contributed by atoms with Crippen LogP contribution in [0.1, 0.15) is 11.1 Å². The highest BCUT2D eigenvalue weighted by Gasteiger charge is 2.29. The first-order valence-corrected chi connectivity index (χ1v) is 4.61. The van der Waals surface area contributed by atoms with Crippen LogP contribution in [0, 0.1) is 0 Å². The van der Waals surface area contributed by atoms with Crippen molar-refractivity contribution in [3.05, 3.63) is 35.4 Å². The van der Waals surface area contributed by atoms with Crippen molar-refractivity contribution in [2.45, 2.75) is 12.7 Å². The molecule has 5 heteroatoms. The highest BCUT2D eigenvalue weighted by Crippen LogP contribution is 2.28. The van der Waals surface area contributed by atoms with Crippen LogP contribution in [-0.2, 0) is 12.7 Å². The molecule has 0 fully saturated rings. The number of nitrogens with one attached hydrogen (secondary N) is 1. The zero-order valence-corrected chi connectivity index (χ0v) is 8.69. The van der Waals surface area contributed by atoms with E-state index >= 15 is 0 Å². The van der Waals surface area contributed by atoms with Gasteiger partial charge in [-0.1, -0.05) is 12.1 Å². The largest absolute Gasteiger partial charge is 0.416 e. The molecule has 0 heterocycles. The van der Waals surface area contributed by atoms with Crippen molar-refractivity contribution in [2.75, 3.05) is 0 Å². The van der Waals surface area contributed by atoms with Crippen molar-refractivity contribution < 1.29 is 13.2 Å². The Bertz CT molecular complexity index is 268. The molecule has 0 saturated heterocycles. The fraction of sp³-hybridized carbons (Fsp3) is 0.250. The van der Waals surface area contributed by atoms with Crippen molar-refractivity contribution in [2.24, 2.45) is 0 Å². The molecule has 1 N–H and O–H groups in total. The van der Waals surface area contributed by atoms with Crippen LogP contribution in [-0.4, -0.2) is 0 Å². The maximum absolute atomic E-state index is 12.1. The van der Waals surface area contributed by atoms with Gasteiger partial charge in [0.2, 0.25) is 0 Å². The summed E-state index contributed by atoms with van der Waals surface area (Å²) in [5.74, 6) is 0. The lowest BCUT2D eigenvalue weighted by Crippen LogP contribution is -2.05. The molecule has 0 aromatic heterocycles. The van der Waals surface area contributed by atoms with Crippen LogP contribution < -0.4 is 3.53 Å². The van der Waals surface area contributed by atoms with Gasteiger partial charge in [-0.3, -0.25) is 3.53 Å². The molecule has 0 aliphatic carbocycles. The molecule has 0 saturated carbocycles. The smallest absolute Gasteiger partial charge is 0.257 e. The Hall–Kier alpha value is -0.300. The number of halogens is 4. The molecule has 0 atom stereocenters. The van der Waals surface area contributed by atoms with Crippen LogP contribution >= 0.6 is 22.9 Å². The van der Waals surface area contributed by atoms with E-state index in [2.05, 4.69) is 3.53 Å². The van der Waals surface area contributed by atoms with Gasteiger partial charge in [0.15, 0.2) is 0 Å². The van der Waals surface area contributed by atoms with E-state index in [4.69, 9.17) is 0 Å². The van der Waals surface area contributed by atoms with Crippen molar-refractivity contribution >= 4 is 22.9 Å². The standard InChI is InChI=1S/C8H7F3IN/c9-8(10,11)7-3-1-6(2-4-7)5-13-12/h1-4,13H,5H2. The summed E-state index contributed by atoms with van der Waals surface area (Å²) in [5, 5.41) is 0. The average Bonchev–Trinajstić information content (AvgIpc) is 2.04. The molecule has 0 aliphatic heterocycles. The van der Waals surface area contributed by atoms with Crippen LogP contribution in [0.2, 0.25) is 0 Å². The van der Waals surface area contributed by atoms with Crippen LogP contribution in [0.4, 0.5) is 13.2 Å². The SMILES string of the molecule is FC(F)(F)c1ccc(CNI)cc1. The van der Waals surface area contributed by atoms with Crippen molar-refractivity contribution in [1.29, 1.82) is 0 Å². The molecule has 1 nitrogen and oxygen atoms in total. The van der Waals surface area contributed by atoms with E-state index in [1.54, 1.807) is 0 Å². The molecule has 0 spiro atoms. The van der Waals surface area contributed by atoms with Gasteiger partial charge >= 0.3 is 6.18 Å². The molecular weight excluding hydrogens is 294 g/mol. The number of hydrogen-bond acceptors (Lipinski definition) is 1. The van der Waals surface area contributed by atoms with E-state index in [0.29, 0.717) is 6.54 Å². The van der Waals surface area contributed by atoms with Gasteiger partial charge in [-0.05, 0) is 17.7 Å². The third-order valence-corrected chi connectivity index (χ3v) is 1.93. The fourth-order valence-corrected chi connectivity index (χ4v) is 1.33. The summed E-state index contributed by atoms with van der Waals surface area (Å²) in [5.41, 5.74) is 0.229. The Balaban J connectivity index is 2.81. The van der Waals surface area contributed by atoms with Gasteiger partial charge in [-0.2, -0.15) is 13.2 Å². The maximum Gasteiger partial charge on any atom is 0.416 e. The molecule has 13 heavy (non-hydrogen) atoms. The predicted molar refractivity (Wildman–Crippen MR) is 52.3 cm³/mol. The van der Waals surface area contributed by atoms with Crippen LogP contribution in [0.5, 0.6) is 0 Å². The van der Waals surface area contributed by atoms with E-state index in [-0.39, 0.29) is 0 Å². The lowest BCUT2D eigenvalue weighted by Gasteiger charge is -2.06. The third kappa shape index (κ3) is 3.15. The Morgan fingerprint density at radius 3 is 2.08 bits per heavy atom. The monoisotopic (exact) mass is 301 g/mol. The summed E-state index contributed by atoms with van der Waals surface area (Å²) < 4.78 is 39.1. The molecule has 0 unspecified atom stereocenters. The predicted octanol–water partition coefficient (Wildman–Crippen LogP) is 3.15. The molecule has 1 aromatic rings. The maximum atomic E-state index is 12.1. The van der Waals surface area contributed by atoms with Crippen molar-refractivity contribution in [3.8, 4) is 0 Å². The van der Waals surface area contributed by atoms with Gasteiger partial charge in [0.1, 0.15) is 0 Å². The first-order chi connectivity index (χ1) is 6.04. The topological polar surface area (TPSA) is 12.0 Å². The highest BCUT2D eigenvalue weighted by atomic mass is 127. The summed E-state index contributed by atoms with van der Waals surface area (Å²) >= 11 is 1.94. The van der Waals surface area contributed by atoms with Crippen LogP contribution in [0.25, 0.3) is 0 Å². The molecule has 1 rings (SSSR count).